The van der Waals surface area contributed by atoms with Gasteiger partial charge in [-0.3, -0.25) is 0 Å². The van der Waals surface area contributed by atoms with Gasteiger partial charge >= 0.3 is 0 Å². The summed E-state index contributed by atoms with van der Waals surface area (Å²) in [5.74, 6) is 0. The van der Waals surface area contributed by atoms with E-state index in [1.54, 1.807) is 0 Å². The van der Waals surface area contributed by atoms with Gasteiger partial charge in [0.25, 0.3) is 0 Å². The van der Waals surface area contributed by atoms with Crippen LogP contribution in [0.4, 0.5) is 0 Å². The molecule has 4 heteroatoms. The lowest BCUT2D eigenvalue weighted by Gasteiger charge is -2.23. The van der Waals surface area contributed by atoms with Crippen LogP contribution in [0.3, 0.4) is 0 Å². The van der Waals surface area contributed by atoms with Gasteiger partial charge in [0.15, 0.2) is 0 Å². The molecule has 1 fully saturated rings. The van der Waals surface area contributed by atoms with Crippen molar-refractivity contribution in [1.29, 1.82) is 0 Å². The van der Waals surface area contributed by atoms with Crippen molar-refractivity contribution in [2.75, 3.05) is 13.1 Å². The molecule has 1 saturated heterocycles. The second kappa shape index (κ2) is 3.74. The van der Waals surface area contributed by atoms with Crippen LogP contribution in [-0.4, -0.2) is 18.1 Å². The zero-order valence-corrected chi connectivity index (χ0v) is 6.15. The first-order chi connectivity index (χ1) is 4.43. The zero-order chi connectivity index (χ0) is 6.53. The van der Waals surface area contributed by atoms with E-state index in [9.17, 15) is 0 Å². The van der Waals surface area contributed by atoms with Crippen LogP contribution < -0.4 is 5.53 Å². The molecular weight excluding hydrogens is 134 g/mol. The summed E-state index contributed by atoms with van der Waals surface area (Å²) in [5.41, 5.74) is 2.76. The Balaban J connectivity index is 2.15. The molecular formula is C5H11N3S. The van der Waals surface area contributed by atoms with Crippen LogP contribution in [0.5, 0.6) is 0 Å². The number of hydrogen-bond acceptors (Lipinski definition) is 3. The summed E-state index contributed by atoms with van der Waals surface area (Å²) < 4.78 is 3.42. The average molecular weight is 145 g/mol. The maximum absolute atomic E-state index is 4.41. The molecule has 0 radical (unpaired) electrons. The summed E-state index contributed by atoms with van der Waals surface area (Å²) >= 11 is 4.41. The third-order valence-corrected chi connectivity index (χ3v) is 1.62. The highest BCUT2D eigenvalue weighted by Crippen LogP contribution is 2.05. The first-order valence-electron chi connectivity index (χ1n) is 3.26. The molecule has 0 saturated carbocycles. The fraction of sp³-hybridized carbons (Fsp3) is 1.00. The summed E-state index contributed by atoms with van der Waals surface area (Å²) in [7, 11) is 0. The van der Waals surface area contributed by atoms with E-state index in [-0.39, 0.29) is 0 Å². The van der Waals surface area contributed by atoms with Gasteiger partial charge in [0.05, 0.1) is 12.4 Å². The van der Waals surface area contributed by atoms with E-state index in [4.69, 9.17) is 0 Å². The highest BCUT2D eigenvalue weighted by Gasteiger charge is 2.07. The molecule has 0 amide bonds. The first-order valence-corrected chi connectivity index (χ1v) is 3.63. The van der Waals surface area contributed by atoms with E-state index in [1.165, 1.54) is 19.3 Å². The molecule has 0 aromatic carbocycles. The lowest BCUT2D eigenvalue weighted by Crippen LogP contribution is -2.38. The Hall–Kier alpha value is -0.220. The van der Waals surface area contributed by atoms with E-state index >= 15 is 0 Å². The Morgan fingerprint density at radius 3 is 2.44 bits per heavy atom. The number of nitrogens with one attached hydrogen (secondary N) is 1. The van der Waals surface area contributed by atoms with Gasteiger partial charge in [0.1, 0.15) is 0 Å². The Kier molecular flexibility index (Phi) is 2.86. The number of nitrogens with zero attached hydrogens (tertiary/aromatic N) is 2. The quantitative estimate of drug-likeness (QED) is 0.577. The molecule has 1 aliphatic rings. The lowest BCUT2D eigenvalue weighted by atomic mass is 10.2. The van der Waals surface area contributed by atoms with Crippen LogP contribution in [0.1, 0.15) is 19.3 Å². The van der Waals surface area contributed by atoms with E-state index in [2.05, 4.69) is 27.4 Å². The fourth-order valence-corrected chi connectivity index (χ4v) is 1.17. The van der Waals surface area contributed by atoms with Crippen LogP contribution in [0.25, 0.3) is 0 Å². The third-order valence-electron chi connectivity index (χ3n) is 1.54. The molecule has 3 nitrogen and oxygen atoms in total. The number of hydrazine groups is 1. The SMILES string of the molecule is S=NNN1CCCCC1. The highest BCUT2D eigenvalue weighted by molar-refractivity contribution is 7.47. The minimum Gasteiger partial charge on any atom is -0.229 e. The predicted molar refractivity (Wildman–Crippen MR) is 38.4 cm³/mol. The molecule has 1 aliphatic heterocycles. The molecule has 0 bridgehead atoms. The fourth-order valence-electron chi connectivity index (χ4n) is 1.05. The smallest absolute Gasteiger partial charge is 0.0641 e. The first kappa shape index (κ1) is 6.89. The van der Waals surface area contributed by atoms with Gasteiger partial charge in [0.2, 0.25) is 0 Å². The average Bonchev–Trinajstić information content (AvgIpc) is 1.91. The molecule has 0 aliphatic carbocycles. The van der Waals surface area contributed by atoms with Crippen molar-refractivity contribution in [3.05, 3.63) is 0 Å². The van der Waals surface area contributed by atoms with E-state index in [1.807, 2.05) is 0 Å². The van der Waals surface area contributed by atoms with Crippen molar-refractivity contribution in [3.8, 4) is 0 Å². The lowest BCUT2D eigenvalue weighted by molar-refractivity contribution is 0.160. The number of rotatable bonds is 2. The van der Waals surface area contributed by atoms with Crippen LogP contribution >= 0.6 is 0 Å². The summed E-state index contributed by atoms with van der Waals surface area (Å²) in [4.78, 5) is 0. The molecule has 1 rings (SSSR count). The van der Waals surface area contributed by atoms with Crippen molar-refractivity contribution in [3.63, 3.8) is 0 Å². The standard InChI is InChI=1S/C5H11N3S/c9-7-6-8-4-2-1-3-5-8/h1-5H2,(H,6,9). The Morgan fingerprint density at radius 2 is 1.89 bits per heavy atom. The minimum atomic E-state index is 1.08. The molecule has 0 spiro atoms. The van der Waals surface area contributed by atoms with E-state index < -0.39 is 0 Å². The summed E-state index contributed by atoms with van der Waals surface area (Å²) in [6, 6.07) is 0. The normalized spacial score (nSPS) is 21.3. The third kappa shape index (κ3) is 2.24. The zero-order valence-electron chi connectivity index (χ0n) is 5.34. The second-order valence-corrected chi connectivity index (χ2v) is 2.42. The van der Waals surface area contributed by atoms with Gasteiger partial charge in [-0.1, -0.05) is 10.9 Å². The highest BCUT2D eigenvalue weighted by atomic mass is 32.1. The molecule has 1 N–H and O–H groups in total. The van der Waals surface area contributed by atoms with Crippen molar-refractivity contribution in [2.24, 2.45) is 4.47 Å². The van der Waals surface area contributed by atoms with Crippen LogP contribution in [0, 0.1) is 0 Å². The molecule has 0 aromatic heterocycles. The largest absolute Gasteiger partial charge is 0.229 e. The summed E-state index contributed by atoms with van der Waals surface area (Å²) in [5, 5.41) is 2.05. The van der Waals surface area contributed by atoms with E-state index in [0.717, 1.165) is 13.1 Å². The maximum atomic E-state index is 4.41. The Morgan fingerprint density at radius 1 is 1.22 bits per heavy atom. The summed E-state index contributed by atoms with van der Waals surface area (Å²) in [6.45, 7) is 2.17. The topological polar surface area (TPSA) is 27.6 Å². The van der Waals surface area contributed by atoms with Gasteiger partial charge in [-0.25, -0.2) is 10.5 Å². The number of hydrogen-bond donors (Lipinski definition) is 1. The molecule has 52 valence electrons. The predicted octanol–water partition coefficient (Wildman–Crippen LogP) is 0.622. The van der Waals surface area contributed by atoms with Crippen molar-refractivity contribution < 1.29 is 0 Å². The Labute approximate surface area is 60.5 Å². The van der Waals surface area contributed by atoms with Crippen LogP contribution in [-0.2, 0) is 12.4 Å². The van der Waals surface area contributed by atoms with E-state index in [0.29, 0.717) is 0 Å². The number of piperidine rings is 1. The van der Waals surface area contributed by atoms with Crippen LogP contribution in [0.2, 0.25) is 0 Å². The van der Waals surface area contributed by atoms with Crippen molar-refractivity contribution >= 4 is 12.4 Å². The summed E-state index contributed by atoms with van der Waals surface area (Å²) in [6.07, 6.45) is 3.87. The van der Waals surface area contributed by atoms with Gasteiger partial charge in [-0.15, -0.1) is 0 Å². The van der Waals surface area contributed by atoms with Gasteiger partial charge < -0.3 is 0 Å². The van der Waals surface area contributed by atoms with Crippen molar-refractivity contribution in [1.82, 2.24) is 10.5 Å². The van der Waals surface area contributed by atoms with Crippen molar-refractivity contribution in [2.45, 2.75) is 19.3 Å². The van der Waals surface area contributed by atoms with Gasteiger partial charge in [0, 0.05) is 13.1 Å². The van der Waals surface area contributed by atoms with Gasteiger partial charge in [-0.05, 0) is 12.8 Å². The minimum absolute atomic E-state index is 1.08. The monoisotopic (exact) mass is 145 g/mol. The molecule has 9 heavy (non-hydrogen) atoms. The molecule has 1 heterocycles. The maximum Gasteiger partial charge on any atom is 0.0641 e. The molecule has 0 atom stereocenters. The van der Waals surface area contributed by atoms with Gasteiger partial charge in [-0.2, -0.15) is 0 Å². The van der Waals surface area contributed by atoms with Crippen LogP contribution in [0.15, 0.2) is 4.47 Å². The Bertz CT molecular complexity index is 90.2. The second-order valence-electron chi connectivity index (χ2n) is 2.24. The molecule has 0 unspecified atom stereocenters. The molecule has 0 aromatic rings.